The van der Waals surface area contributed by atoms with Crippen molar-refractivity contribution in [1.82, 2.24) is 5.32 Å². The third kappa shape index (κ3) is 2.29. The summed E-state index contributed by atoms with van der Waals surface area (Å²) in [5, 5.41) is 15.1. The van der Waals surface area contributed by atoms with Crippen LogP contribution in [-0.4, -0.2) is 28.5 Å². The summed E-state index contributed by atoms with van der Waals surface area (Å²) in [6.45, 7) is 0.726. The molecule has 0 spiro atoms. The minimum atomic E-state index is -0.323. The number of fused-ring (bicyclic) bond motifs is 1. The van der Waals surface area contributed by atoms with Gasteiger partial charge < -0.3 is 10.4 Å². The van der Waals surface area contributed by atoms with Gasteiger partial charge in [-0.1, -0.05) is 42.1 Å². The van der Waals surface area contributed by atoms with E-state index in [1.165, 1.54) is 11.8 Å². The fraction of sp³-hybridized carbons (Fsp3) is 0.143. The second-order valence-corrected chi connectivity index (χ2v) is 5.26. The molecule has 0 fully saturated rings. The van der Waals surface area contributed by atoms with Gasteiger partial charge in [0.25, 0.3) is 5.91 Å². The minimum Gasteiger partial charge on any atom is -0.506 e. The van der Waals surface area contributed by atoms with Gasteiger partial charge in [0.15, 0.2) is 5.17 Å². The summed E-state index contributed by atoms with van der Waals surface area (Å²) in [6, 6.07) is 10.9. The van der Waals surface area contributed by atoms with Crippen LogP contribution in [0.1, 0.15) is 10.4 Å². The zero-order valence-corrected chi connectivity index (χ0v) is 10.9. The molecule has 1 amide bonds. The van der Waals surface area contributed by atoms with Gasteiger partial charge in [-0.05, 0) is 11.5 Å². The van der Waals surface area contributed by atoms with Crippen LogP contribution in [0, 0.1) is 0 Å². The van der Waals surface area contributed by atoms with E-state index >= 15 is 0 Å². The summed E-state index contributed by atoms with van der Waals surface area (Å²) in [4.78, 5) is 16.3. The van der Waals surface area contributed by atoms with E-state index in [-0.39, 0.29) is 17.2 Å². The number of carbonyl (C=O) groups excluding carboxylic acids is 1. The van der Waals surface area contributed by atoms with Gasteiger partial charge in [-0.3, -0.25) is 9.79 Å². The Morgan fingerprint density at radius 3 is 2.89 bits per heavy atom. The first kappa shape index (κ1) is 12.0. The number of benzene rings is 2. The first-order valence-corrected chi connectivity index (χ1v) is 6.93. The molecular formula is C14H12N2O2S. The molecule has 2 aromatic carbocycles. The van der Waals surface area contributed by atoms with Crippen molar-refractivity contribution in [2.45, 2.75) is 0 Å². The summed E-state index contributed by atoms with van der Waals surface area (Å²) in [7, 11) is 0. The first-order valence-electron chi connectivity index (χ1n) is 5.95. The molecule has 1 aliphatic heterocycles. The zero-order valence-electron chi connectivity index (χ0n) is 10.1. The maximum absolute atomic E-state index is 12.1. The molecule has 2 N–H and O–H groups in total. The van der Waals surface area contributed by atoms with E-state index in [9.17, 15) is 9.90 Å². The third-order valence-corrected chi connectivity index (χ3v) is 3.84. The van der Waals surface area contributed by atoms with E-state index in [1.807, 2.05) is 24.3 Å². The summed E-state index contributed by atoms with van der Waals surface area (Å²) in [6.07, 6.45) is 0. The zero-order chi connectivity index (χ0) is 13.2. The highest BCUT2D eigenvalue weighted by atomic mass is 32.2. The van der Waals surface area contributed by atoms with Crippen LogP contribution in [-0.2, 0) is 0 Å². The Morgan fingerprint density at radius 1 is 1.26 bits per heavy atom. The molecule has 2 aromatic rings. The van der Waals surface area contributed by atoms with Crippen molar-refractivity contribution in [2.75, 3.05) is 12.3 Å². The number of thioether (sulfide) groups is 1. The van der Waals surface area contributed by atoms with Gasteiger partial charge >= 0.3 is 0 Å². The maximum Gasteiger partial charge on any atom is 0.260 e. The monoisotopic (exact) mass is 272 g/mol. The van der Waals surface area contributed by atoms with Crippen molar-refractivity contribution in [3.05, 3.63) is 42.0 Å². The summed E-state index contributed by atoms with van der Waals surface area (Å²) < 4.78 is 0. The number of aliphatic imine (C=N–C) groups is 1. The van der Waals surface area contributed by atoms with Gasteiger partial charge in [0.05, 0.1) is 12.1 Å². The quantitative estimate of drug-likeness (QED) is 0.838. The summed E-state index contributed by atoms with van der Waals surface area (Å²) >= 11 is 1.51. The number of hydrogen-bond donors (Lipinski definition) is 2. The highest BCUT2D eigenvalue weighted by molar-refractivity contribution is 8.14. The van der Waals surface area contributed by atoms with E-state index in [2.05, 4.69) is 10.3 Å². The van der Waals surface area contributed by atoms with Crippen LogP contribution in [0.3, 0.4) is 0 Å². The van der Waals surface area contributed by atoms with Crippen molar-refractivity contribution in [1.29, 1.82) is 0 Å². The number of nitrogens with one attached hydrogen (secondary N) is 1. The van der Waals surface area contributed by atoms with Crippen LogP contribution < -0.4 is 5.32 Å². The molecule has 0 atom stereocenters. The number of phenolic OH excluding ortho intramolecular Hbond substituents is 1. The number of hydrogen-bond acceptors (Lipinski definition) is 4. The van der Waals surface area contributed by atoms with E-state index in [1.54, 1.807) is 12.1 Å². The van der Waals surface area contributed by atoms with Gasteiger partial charge in [0, 0.05) is 11.1 Å². The van der Waals surface area contributed by atoms with Gasteiger partial charge in [-0.2, -0.15) is 0 Å². The van der Waals surface area contributed by atoms with E-state index < -0.39 is 0 Å². The number of amidine groups is 1. The Hall–Kier alpha value is -2.01. The first-order chi connectivity index (χ1) is 9.25. The van der Waals surface area contributed by atoms with Gasteiger partial charge in [-0.25, -0.2) is 0 Å². The molecule has 0 bridgehead atoms. The number of aromatic hydroxyl groups is 1. The highest BCUT2D eigenvalue weighted by Gasteiger charge is 2.16. The highest BCUT2D eigenvalue weighted by Crippen LogP contribution is 2.28. The lowest BCUT2D eigenvalue weighted by molar-refractivity contribution is 0.0975. The van der Waals surface area contributed by atoms with Gasteiger partial charge in [0.1, 0.15) is 5.75 Å². The van der Waals surface area contributed by atoms with Crippen molar-refractivity contribution in [3.8, 4) is 5.75 Å². The fourth-order valence-corrected chi connectivity index (χ4v) is 2.74. The van der Waals surface area contributed by atoms with Crippen LogP contribution in [0.4, 0.5) is 0 Å². The summed E-state index contributed by atoms with van der Waals surface area (Å²) in [5.41, 5.74) is 0.272. The van der Waals surface area contributed by atoms with Gasteiger partial charge in [-0.15, -0.1) is 0 Å². The van der Waals surface area contributed by atoms with Gasteiger partial charge in [0.2, 0.25) is 0 Å². The molecule has 0 saturated heterocycles. The molecule has 0 aromatic heterocycles. The molecule has 3 rings (SSSR count). The SMILES string of the molecule is O=C(NC1=NCCS1)c1ccc2ccccc2c1O. The Bertz CT molecular complexity index is 682. The number of phenols is 1. The number of rotatable bonds is 1. The van der Waals surface area contributed by atoms with Crippen molar-refractivity contribution < 1.29 is 9.90 Å². The molecule has 1 heterocycles. The average Bonchev–Trinajstić information content (AvgIpc) is 2.92. The molecular weight excluding hydrogens is 260 g/mol. The molecule has 4 nitrogen and oxygen atoms in total. The largest absolute Gasteiger partial charge is 0.506 e. The number of amides is 1. The Morgan fingerprint density at radius 2 is 2.11 bits per heavy atom. The Kier molecular flexibility index (Phi) is 3.13. The lowest BCUT2D eigenvalue weighted by Crippen LogP contribution is -2.27. The smallest absolute Gasteiger partial charge is 0.260 e. The minimum absolute atomic E-state index is 0.0131. The van der Waals surface area contributed by atoms with Crippen LogP contribution in [0.5, 0.6) is 5.75 Å². The van der Waals surface area contributed by atoms with Crippen molar-refractivity contribution in [3.63, 3.8) is 0 Å². The van der Waals surface area contributed by atoms with E-state index in [0.717, 1.165) is 17.7 Å². The molecule has 0 radical (unpaired) electrons. The Labute approximate surface area is 114 Å². The molecule has 5 heteroatoms. The Balaban J connectivity index is 1.96. The molecule has 1 aliphatic rings. The van der Waals surface area contributed by atoms with Crippen molar-refractivity contribution in [2.24, 2.45) is 4.99 Å². The molecule has 0 saturated carbocycles. The van der Waals surface area contributed by atoms with Crippen LogP contribution in [0.25, 0.3) is 10.8 Å². The van der Waals surface area contributed by atoms with Crippen LogP contribution >= 0.6 is 11.8 Å². The fourth-order valence-electron chi connectivity index (χ4n) is 2.01. The molecule has 0 aliphatic carbocycles. The van der Waals surface area contributed by atoms with E-state index in [0.29, 0.717) is 10.6 Å². The topological polar surface area (TPSA) is 61.7 Å². The van der Waals surface area contributed by atoms with Crippen molar-refractivity contribution >= 4 is 33.6 Å². The van der Waals surface area contributed by atoms with E-state index in [4.69, 9.17) is 0 Å². The molecule has 96 valence electrons. The predicted octanol–water partition coefficient (Wildman–Crippen LogP) is 2.38. The lowest BCUT2D eigenvalue weighted by Gasteiger charge is -2.08. The maximum atomic E-state index is 12.1. The second-order valence-electron chi connectivity index (χ2n) is 4.17. The lowest BCUT2D eigenvalue weighted by atomic mass is 10.1. The molecule has 19 heavy (non-hydrogen) atoms. The standard InChI is InChI=1S/C14H12N2O2S/c17-12-10-4-2-1-3-9(10)5-6-11(12)13(18)16-14-15-7-8-19-14/h1-6,17H,7-8H2,(H,15,16,18). The van der Waals surface area contributed by atoms with Crippen LogP contribution in [0.15, 0.2) is 41.4 Å². The molecule has 0 unspecified atom stereocenters. The third-order valence-electron chi connectivity index (χ3n) is 2.95. The summed E-state index contributed by atoms with van der Waals surface area (Å²) in [5.74, 6) is 0.579. The number of nitrogens with zero attached hydrogens (tertiary/aromatic N) is 1. The number of carbonyl (C=O) groups is 1. The second kappa shape index (κ2) is 4.93. The van der Waals surface area contributed by atoms with Crippen LogP contribution in [0.2, 0.25) is 0 Å². The predicted molar refractivity (Wildman–Crippen MR) is 77.8 cm³/mol. The average molecular weight is 272 g/mol. The normalized spacial score (nSPS) is 14.4.